The Kier molecular flexibility index (Phi) is 4.39. The van der Waals surface area contributed by atoms with E-state index in [0.29, 0.717) is 11.4 Å². The third kappa shape index (κ3) is 2.56. The second-order valence-corrected chi connectivity index (χ2v) is 7.34. The number of aryl methyl sites for hydroxylation is 2. The first-order valence-electron chi connectivity index (χ1n) is 7.22. The Morgan fingerprint density at radius 3 is 2.40 bits per heavy atom. The lowest BCUT2D eigenvalue weighted by molar-refractivity contribution is 0.379. The lowest BCUT2D eigenvalue weighted by Crippen LogP contribution is -2.35. The number of nitrogens with one attached hydrogen (secondary N) is 1. The van der Waals surface area contributed by atoms with E-state index in [9.17, 15) is 8.42 Å². The zero-order valence-electron chi connectivity index (χ0n) is 12.7. The Bertz CT molecular complexity index is 573. The molecule has 1 N–H and O–H groups in total. The van der Waals surface area contributed by atoms with Crippen molar-refractivity contribution in [3.05, 3.63) is 23.3 Å². The van der Waals surface area contributed by atoms with Crippen molar-refractivity contribution in [1.29, 1.82) is 0 Å². The molecule has 0 spiro atoms. The molecule has 112 valence electrons. The van der Waals surface area contributed by atoms with Crippen LogP contribution in [0, 0.1) is 13.8 Å². The lowest BCUT2D eigenvalue weighted by Gasteiger charge is -2.25. The van der Waals surface area contributed by atoms with E-state index >= 15 is 0 Å². The predicted octanol–water partition coefficient (Wildman–Crippen LogP) is 2.91. The summed E-state index contributed by atoms with van der Waals surface area (Å²) in [7, 11) is -1.54. The summed E-state index contributed by atoms with van der Waals surface area (Å²) >= 11 is 0. The Balaban J connectivity index is 2.50. The van der Waals surface area contributed by atoms with Gasteiger partial charge in [-0.3, -0.25) is 0 Å². The van der Waals surface area contributed by atoms with Crippen LogP contribution >= 0.6 is 0 Å². The lowest BCUT2D eigenvalue weighted by atomic mass is 10.1. The molecular weight excluding hydrogens is 272 g/mol. The van der Waals surface area contributed by atoms with Crippen LogP contribution in [0.2, 0.25) is 0 Å². The molecule has 1 heterocycles. The fraction of sp³-hybridized carbons (Fsp3) is 0.600. The summed E-state index contributed by atoms with van der Waals surface area (Å²) in [6, 6.07) is 3.95. The minimum atomic E-state index is -3.38. The van der Waals surface area contributed by atoms with Gasteiger partial charge < -0.3 is 5.32 Å². The predicted molar refractivity (Wildman–Crippen MR) is 82.7 cm³/mol. The molecule has 1 unspecified atom stereocenters. The highest BCUT2D eigenvalue weighted by atomic mass is 32.2. The maximum atomic E-state index is 13.0. The number of anilines is 1. The van der Waals surface area contributed by atoms with Gasteiger partial charge >= 0.3 is 0 Å². The number of benzene rings is 1. The van der Waals surface area contributed by atoms with Gasteiger partial charge in [0.1, 0.15) is 0 Å². The van der Waals surface area contributed by atoms with E-state index < -0.39 is 10.0 Å². The Morgan fingerprint density at radius 2 is 1.90 bits per heavy atom. The van der Waals surface area contributed by atoms with Gasteiger partial charge in [-0.2, -0.15) is 4.31 Å². The first-order chi connectivity index (χ1) is 9.41. The first kappa shape index (κ1) is 15.3. The van der Waals surface area contributed by atoms with Gasteiger partial charge in [-0.05, 0) is 56.4 Å². The van der Waals surface area contributed by atoms with E-state index in [-0.39, 0.29) is 6.04 Å². The van der Waals surface area contributed by atoms with Crippen molar-refractivity contribution >= 4 is 15.7 Å². The molecule has 4 nitrogen and oxygen atoms in total. The van der Waals surface area contributed by atoms with Gasteiger partial charge in [-0.1, -0.05) is 6.92 Å². The number of sulfonamides is 1. The van der Waals surface area contributed by atoms with Crippen molar-refractivity contribution in [3.63, 3.8) is 0 Å². The maximum Gasteiger partial charge on any atom is 0.243 e. The molecule has 0 bridgehead atoms. The zero-order valence-corrected chi connectivity index (χ0v) is 13.5. The smallest absolute Gasteiger partial charge is 0.243 e. The summed E-state index contributed by atoms with van der Waals surface area (Å²) in [6.45, 7) is 6.45. The molecule has 0 aliphatic carbocycles. The molecule has 1 aliphatic heterocycles. The van der Waals surface area contributed by atoms with Crippen LogP contribution in [-0.4, -0.2) is 32.4 Å². The van der Waals surface area contributed by atoms with Crippen molar-refractivity contribution in [2.24, 2.45) is 0 Å². The Labute approximate surface area is 122 Å². The minimum absolute atomic E-state index is 0.155. The van der Waals surface area contributed by atoms with Crippen molar-refractivity contribution in [1.82, 2.24) is 4.31 Å². The van der Waals surface area contributed by atoms with E-state index in [0.717, 1.165) is 36.1 Å². The highest BCUT2D eigenvalue weighted by molar-refractivity contribution is 7.89. The van der Waals surface area contributed by atoms with Crippen molar-refractivity contribution in [2.45, 2.75) is 51.0 Å². The van der Waals surface area contributed by atoms with E-state index in [2.05, 4.69) is 12.2 Å². The molecular formula is C15H24N2O2S. The number of hydrogen-bond donors (Lipinski definition) is 1. The summed E-state index contributed by atoms with van der Waals surface area (Å²) in [5.41, 5.74) is 2.58. The average molecular weight is 296 g/mol. The molecule has 1 atom stereocenters. The summed E-state index contributed by atoms with van der Waals surface area (Å²) < 4.78 is 27.6. The highest BCUT2D eigenvalue weighted by Crippen LogP contribution is 2.32. The molecule has 0 radical (unpaired) electrons. The van der Waals surface area contributed by atoms with Gasteiger partial charge in [0, 0.05) is 25.3 Å². The first-order valence-corrected chi connectivity index (χ1v) is 8.66. The van der Waals surface area contributed by atoms with Crippen LogP contribution in [0.4, 0.5) is 5.69 Å². The van der Waals surface area contributed by atoms with Crippen LogP contribution < -0.4 is 5.32 Å². The number of nitrogens with zero attached hydrogens (tertiary/aromatic N) is 1. The average Bonchev–Trinajstić information content (AvgIpc) is 2.86. The normalized spacial score (nSPS) is 20.3. The second-order valence-electron chi connectivity index (χ2n) is 5.51. The van der Waals surface area contributed by atoms with E-state index in [1.54, 1.807) is 4.31 Å². The van der Waals surface area contributed by atoms with Gasteiger partial charge in [0.2, 0.25) is 10.0 Å². The third-order valence-corrected chi connectivity index (χ3v) is 6.37. The second kappa shape index (κ2) is 5.74. The maximum absolute atomic E-state index is 13.0. The molecule has 0 aromatic heterocycles. The highest BCUT2D eigenvalue weighted by Gasteiger charge is 2.35. The molecule has 1 aliphatic rings. The van der Waals surface area contributed by atoms with Crippen LogP contribution in [0.5, 0.6) is 0 Å². The van der Waals surface area contributed by atoms with Crippen LogP contribution in [0.3, 0.4) is 0 Å². The number of rotatable bonds is 4. The fourth-order valence-corrected chi connectivity index (χ4v) is 5.33. The quantitative estimate of drug-likeness (QED) is 0.929. The van der Waals surface area contributed by atoms with Gasteiger partial charge in [0.15, 0.2) is 0 Å². The number of hydrogen-bond acceptors (Lipinski definition) is 3. The van der Waals surface area contributed by atoms with E-state index in [4.69, 9.17) is 0 Å². The van der Waals surface area contributed by atoms with Gasteiger partial charge in [-0.25, -0.2) is 8.42 Å². The van der Waals surface area contributed by atoms with Crippen LogP contribution in [0.1, 0.15) is 37.3 Å². The van der Waals surface area contributed by atoms with Crippen LogP contribution in [0.25, 0.3) is 0 Å². The molecule has 1 fully saturated rings. The third-order valence-electron chi connectivity index (χ3n) is 4.11. The van der Waals surface area contributed by atoms with E-state index in [1.807, 2.05) is 33.0 Å². The van der Waals surface area contributed by atoms with E-state index in [1.165, 1.54) is 0 Å². The minimum Gasteiger partial charge on any atom is -0.388 e. The zero-order chi connectivity index (χ0) is 14.9. The molecule has 20 heavy (non-hydrogen) atoms. The summed E-state index contributed by atoms with van der Waals surface area (Å²) in [4.78, 5) is 0.483. The van der Waals surface area contributed by atoms with Crippen molar-refractivity contribution < 1.29 is 8.42 Å². The molecule has 1 aromatic rings. The molecule has 0 amide bonds. The van der Waals surface area contributed by atoms with Gasteiger partial charge in [0.05, 0.1) is 4.90 Å². The SMILES string of the molecule is CCC1CCCN1S(=O)(=O)c1c(C)cc(NC)cc1C. The summed E-state index contributed by atoms with van der Waals surface area (Å²) in [5.74, 6) is 0. The molecule has 1 saturated heterocycles. The fourth-order valence-electron chi connectivity index (χ4n) is 3.15. The largest absolute Gasteiger partial charge is 0.388 e. The van der Waals surface area contributed by atoms with Crippen LogP contribution in [0.15, 0.2) is 17.0 Å². The van der Waals surface area contributed by atoms with Gasteiger partial charge in [-0.15, -0.1) is 0 Å². The molecule has 5 heteroatoms. The summed E-state index contributed by atoms with van der Waals surface area (Å²) in [5, 5.41) is 3.07. The Morgan fingerprint density at radius 1 is 1.30 bits per heavy atom. The molecule has 0 saturated carbocycles. The summed E-state index contributed by atoms with van der Waals surface area (Å²) in [6.07, 6.45) is 2.82. The molecule has 1 aromatic carbocycles. The topological polar surface area (TPSA) is 49.4 Å². The Hall–Kier alpha value is -1.07. The van der Waals surface area contributed by atoms with Gasteiger partial charge in [0.25, 0.3) is 0 Å². The van der Waals surface area contributed by atoms with Crippen molar-refractivity contribution in [2.75, 3.05) is 18.9 Å². The standard InChI is InChI=1S/C15H24N2O2S/c1-5-14-7-6-8-17(14)20(18,19)15-11(2)9-13(16-4)10-12(15)3/h9-10,14,16H,5-8H2,1-4H3. The monoisotopic (exact) mass is 296 g/mol. The van der Waals surface area contributed by atoms with Crippen LogP contribution in [-0.2, 0) is 10.0 Å². The molecule has 2 rings (SSSR count). The van der Waals surface area contributed by atoms with Crippen molar-refractivity contribution in [3.8, 4) is 0 Å².